The van der Waals surface area contributed by atoms with Gasteiger partial charge < -0.3 is 9.84 Å². The SMILES string of the molecule is O=C(O)c1cc(SCCOc2ccccc2F)ccc1Cl. The zero-order valence-electron chi connectivity index (χ0n) is 10.9. The maximum Gasteiger partial charge on any atom is 0.337 e. The van der Waals surface area contributed by atoms with Crippen molar-refractivity contribution in [2.75, 3.05) is 12.4 Å². The van der Waals surface area contributed by atoms with Crippen LogP contribution in [0.1, 0.15) is 10.4 Å². The molecule has 0 amide bonds. The molecule has 1 N–H and O–H groups in total. The highest BCUT2D eigenvalue weighted by Crippen LogP contribution is 2.25. The Morgan fingerprint density at radius 2 is 2.05 bits per heavy atom. The normalized spacial score (nSPS) is 10.4. The van der Waals surface area contributed by atoms with Gasteiger partial charge in [-0.15, -0.1) is 11.8 Å². The number of carbonyl (C=O) groups is 1. The molecule has 0 radical (unpaired) electrons. The summed E-state index contributed by atoms with van der Waals surface area (Å²) in [7, 11) is 0. The smallest absolute Gasteiger partial charge is 0.337 e. The summed E-state index contributed by atoms with van der Waals surface area (Å²) in [4.78, 5) is 11.7. The van der Waals surface area contributed by atoms with Crippen LogP contribution in [0.2, 0.25) is 5.02 Å². The number of ether oxygens (including phenoxy) is 1. The van der Waals surface area contributed by atoms with E-state index in [1.54, 1.807) is 30.3 Å². The second-order valence-corrected chi connectivity index (χ2v) is 5.65. The second kappa shape index (κ2) is 7.33. The molecule has 0 aromatic heterocycles. The van der Waals surface area contributed by atoms with E-state index in [0.29, 0.717) is 12.4 Å². The molecule has 0 heterocycles. The molecule has 0 unspecified atom stereocenters. The minimum absolute atomic E-state index is 0.0664. The Kier molecular flexibility index (Phi) is 5.47. The topological polar surface area (TPSA) is 46.5 Å². The van der Waals surface area contributed by atoms with Gasteiger partial charge in [-0.2, -0.15) is 0 Å². The number of carboxylic acid groups (broad SMARTS) is 1. The first kappa shape index (κ1) is 15.7. The van der Waals surface area contributed by atoms with Crippen molar-refractivity contribution >= 4 is 29.3 Å². The summed E-state index contributed by atoms with van der Waals surface area (Å²) in [6, 6.07) is 11.0. The fourth-order valence-electron chi connectivity index (χ4n) is 1.63. The molecular formula is C15H12ClFO3S. The van der Waals surface area contributed by atoms with Crippen LogP contribution in [-0.2, 0) is 0 Å². The quantitative estimate of drug-likeness (QED) is 0.633. The third-order valence-corrected chi connectivity index (χ3v) is 3.90. The highest BCUT2D eigenvalue weighted by atomic mass is 35.5. The Balaban J connectivity index is 1.88. The van der Waals surface area contributed by atoms with Crippen LogP contribution in [0, 0.1) is 5.82 Å². The van der Waals surface area contributed by atoms with Gasteiger partial charge in [-0.3, -0.25) is 0 Å². The lowest BCUT2D eigenvalue weighted by Gasteiger charge is -2.07. The summed E-state index contributed by atoms with van der Waals surface area (Å²) >= 11 is 7.21. The molecule has 110 valence electrons. The van der Waals surface area contributed by atoms with Crippen molar-refractivity contribution in [3.8, 4) is 5.75 Å². The van der Waals surface area contributed by atoms with E-state index in [1.807, 2.05) is 0 Å². The number of hydrogen-bond acceptors (Lipinski definition) is 3. The van der Waals surface area contributed by atoms with Crippen molar-refractivity contribution in [1.29, 1.82) is 0 Å². The van der Waals surface area contributed by atoms with Gasteiger partial charge in [0.25, 0.3) is 0 Å². The van der Waals surface area contributed by atoms with Crippen molar-refractivity contribution in [1.82, 2.24) is 0 Å². The Morgan fingerprint density at radius 1 is 1.29 bits per heavy atom. The number of thioether (sulfide) groups is 1. The predicted octanol–water partition coefficient (Wildman–Crippen LogP) is 4.35. The number of carboxylic acids is 1. The molecule has 2 rings (SSSR count). The molecule has 0 aliphatic rings. The van der Waals surface area contributed by atoms with E-state index in [2.05, 4.69) is 0 Å². The lowest BCUT2D eigenvalue weighted by molar-refractivity contribution is 0.0697. The molecule has 2 aromatic carbocycles. The van der Waals surface area contributed by atoms with Crippen molar-refractivity contribution in [3.05, 3.63) is 58.9 Å². The van der Waals surface area contributed by atoms with E-state index < -0.39 is 11.8 Å². The molecule has 0 atom stereocenters. The molecule has 2 aromatic rings. The average Bonchev–Trinajstić information content (AvgIpc) is 2.46. The molecule has 0 fully saturated rings. The number of hydrogen-bond donors (Lipinski definition) is 1. The van der Waals surface area contributed by atoms with Gasteiger partial charge in [0.1, 0.15) is 0 Å². The first-order chi connectivity index (χ1) is 10.1. The van der Waals surface area contributed by atoms with Crippen LogP contribution in [0.3, 0.4) is 0 Å². The fourth-order valence-corrected chi connectivity index (χ4v) is 2.60. The Morgan fingerprint density at radius 3 is 2.76 bits per heavy atom. The van der Waals surface area contributed by atoms with E-state index in [1.165, 1.54) is 23.9 Å². The van der Waals surface area contributed by atoms with Gasteiger partial charge in [-0.05, 0) is 30.3 Å². The summed E-state index contributed by atoms with van der Waals surface area (Å²) in [5.74, 6) is -0.692. The van der Waals surface area contributed by atoms with Crippen LogP contribution in [0.25, 0.3) is 0 Å². The highest BCUT2D eigenvalue weighted by Gasteiger charge is 2.09. The van der Waals surface area contributed by atoms with Crippen molar-refractivity contribution in [2.45, 2.75) is 4.90 Å². The number of para-hydroxylation sites is 1. The predicted molar refractivity (Wildman–Crippen MR) is 81.0 cm³/mol. The standard InChI is InChI=1S/C15H12ClFO3S/c16-12-6-5-10(9-11(12)15(18)19)21-8-7-20-14-4-2-1-3-13(14)17/h1-6,9H,7-8H2,(H,18,19). The highest BCUT2D eigenvalue weighted by molar-refractivity contribution is 7.99. The minimum Gasteiger partial charge on any atom is -0.490 e. The second-order valence-electron chi connectivity index (χ2n) is 4.07. The molecule has 0 saturated carbocycles. The molecule has 0 bridgehead atoms. The lowest BCUT2D eigenvalue weighted by atomic mass is 10.2. The number of halogens is 2. The van der Waals surface area contributed by atoms with E-state index in [0.717, 1.165) is 4.90 Å². The van der Waals surface area contributed by atoms with Crippen LogP contribution in [0.5, 0.6) is 5.75 Å². The molecular weight excluding hydrogens is 315 g/mol. The summed E-state index contributed by atoms with van der Waals surface area (Å²) in [6.07, 6.45) is 0. The first-order valence-corrected chi connectivity index (χ1v) is 7.47. The fraction of sp³-hybridized carbons (Fsp3) is 0.133. The van der Waals surface area contributed by atoms with E-state index in [4.69, 9.17) is 21.4 Å². The van der Waals surface area contributed by atoms with Crippen LogP contribution >= 0.6 is 23.4 Å². The van der Waals surface area contributed by atoms with Crippen LogP contribution in [-0.4, -0.2) is 23.4 Å². The van der Waals surface area contributed by atoms with Gasteiger partial charge in [-0.25, -0.2) is 9.18 Å². The maximum absolute atomic E-state index is 13.3. The number of rotatable bonds is 6. The van der Waals surface area contributed by atoms with Crippen LogP contribution < -0.4 is 4.74 Å². The Labute approximate surface area is 130 Å². The molecule has 3 nitrogen and oxygen atoms in total. The monoisotopic (exact) mass is 326 g/mol. The van der Waals surface area contributed by atoms with E-state index in [-0.39, 0.29) is 16.3 Å². The molecule has 6 heteroatoms. The average molecular weight is 327 g/mol. The Hall–Kier alpha value is -1.72. The molecule has 21 heavy (non-hydrogen) atoms. The van der Waals surface area contributed by atoms with Gasteiger partial charge in [0.05, 0.1) is 17.2 Å². The third-order valence-electron chi connectivity index (χ3n) is 2.61. The maximum atomic E-state index is 13.3. The van der Waals surface area contributed by atoms with Gasteiger partial charge in [0.15, 0.2) is 11.6 Å². The summed E-state index contributed by atoms with van der Waals surface area (Å²) < 4.78 is 18.6. The minimum atomic E-state index is -1.06. The van der Waals surface area contributed by atoms with E-state index in [9.17, 15) is 9.18 Å². The van der Waals surface area contributed by atoms with Crippen LogP contribution in [0.15, 0.2) is 47.4 Å². The zero-order chi connectivity index (χ0) is 15.2. The summed E-state index contributed by atoms with van der Waals surface area (Å²) in [5.41, 5.74) is 0.0664. The molecule has 0 saturated heterocycles. The van der Waals surface area contributed by atoms with Crippen molar-refractivity contribution < 1.29 is 19.0 Å². The van der Waals surface area contributed by atoms with E-state index >= 15 is 0 Å². The van der Waals surface area contributed by atoms with Gasteiger partial charge in [0.2, 0.25) is 0 Å². The number of benzene rings is 2. The largest absolute Gasteiger partial charge is 0.490 e. The summed E-state index contributed by atoms with van der Waals surface area (Å²) in [5, 5.41) is 9.18. The third kappa shape index (κ3) is 4.37. The number of aromatic carboxylic acids is 1. The van der Waals surface area contributed by atoms with Gasteiger partial charge in [0, 0.05) is 10.6 Å². The molecule has 0 aliphatic heterocycles. The van der Waals surface area contributed by atoms with Crippen molar-refractivity contribution in [2.24, 2.45) is 0 Å². The van der Waals surface area contributed by atoms with Gasteiger partial charge in [-0.1, -0.05) is 23.7 Å². The summed E-state index contributed by atoms with van der Waals surface area (Å²) in [6.45, 7) is 0.316. The lowest BCUT2D eigenvalue weighted by Crippen LogP contribution is -2.02. The molecule has 0 spiro atoms. The Bertz CT molecular complexity index is 649. The van der Waals surface area contributed by atoms with Crippen LogP contribution in [0.4, 0.5) is 4.39 Å². The van der Waals surface area contributed by atoms with Gasteiger partial charge >= 0.3 is 5.97 Å². The first-order valence-electron chi connectivity index (χ1n) is 6.11. The van der Waals surface area contributed by atoms with Crippen molar-refractivity contribution in [3.63, 3.8) is 0 Å². The zero-order valence-corrected chi connectivity index (χ0v) is 12.5. The molecule has 0 aliphatic carbocycles.